The first-order valence-electron chi connectivity index (χ1n) is 6.68. The molecule has 5 heteroatoms. The number of aliphatic hydroxyl groups is 2. The number of hydrogen-bond acceptors (Lipinski definition) is 4. The van der Waals surface area contributed by atoms with Crippen LogP contribution in [0.1, 0.15) is 12.8 Å². The van der Waals surface area contributed by atoms with Gasteiger partial charge < -0.3 is 10.2 Å². The first-order valence-corrected chi connectivity index (χ1v) is 6.68. The summed E-state index contributed by atoms with van der Waals surface area (Å²) in [5.74, 6) is 0. The van der Waals surface area contributed by atoms with Gasteiger partial charge in [-0.05, 0) is 12.8 Å². The Bertz CT molecular complexity index is 210. The normalized spacial score (nSPS) is 25.6. The fourth-order valence-corrected chi connectivity index (χ4v) is 2.86. The second kappa shape index (κ2) is 6.66. The topological polar surface area (TPSA) is 61.0 Å². The Morgan fingerprint density at radius 1 is 1.00 bits per heavy atom. The fraction of sp³-hybridized carbons (Fsp3) is 1.00. The molecule has 2 N–H and O–H groups in total. The van der Waals surface area contributed by atoms with Gasteiger partial charge in [-0.2, -0.15) is 0 Å². The summed E-state index contributed by atoms with van der Waals surface area (Å²) in [4.78, 5) is 4.75. The lowest BCUT2D eigenvalue weighted by Gasteiger charge is -2.42. The van der Waals surface area contributed by atoms with Crippen LogP contribution in [0.4, 0.5) is 0 Å². The van der Waals surface area contributed by atoms with Crippen LogP contribution >= 0.6 is 0 Å². The van der Waals surface area contributed by atoms with E-state index in [0.29, 0.717) is 6.04 Å². The van der Waals surface area contributed by atoms with Crippen LogP contribution in [0, 0.1) is 0 Å². The van der Waals surface area contributed by atoms with Crippen molar-refractivity contribution < 1.29 is 10.2 Å². The summed E-state index contributed by atoms with van der Waals surface area (Å²) in [5.41, 5.74) is 0. The van der Waals surface area contributed by atoms with Gasteiger partial charge in [-0.1, -0.05) is 0 Å². The van der Waals surface area contributed by atoms with Crippen LogP contribution in [0.15, 0.2) is 0 Å². The molecule has 0 bridgehead atoms. The molecule has 0 amide bonds. The van der Waals surface area contributed by atoms with Gasteiger partial charge in [0.05, 0.1) is 19.3 Å². The van der Waals surface area contributed by atoms with E-state index in [2.05, 4.69) is 15.1 Å². The van der Waals surface area contributed by atoms with E-state index in [-0.39, 0.29) is 19.3 Å². The van der Waals surface area contributed by atoms with E-state index >= 15 is 0 Å². The van der Waals surface area contributed by atoms with Gasteiger partial charge in [0, 0.05) is 45.3 Å². The largest absolute Gasteiger partial charge is 0.395 e. The third-order valence-electron chi connectivity index (χ3n) is 4.04. The van der Waals surface area contributed by atoms with E-state index in [9.17, 15) is 0 Å². The highest BCUT2D eigenvalue weighted by atomic mass is 16.3. The van der Waals surface area contributed by atoms with Gasteiger partial charge in [-0.15, -0.1) is 0 Å². The molecule has 5 nitrogen and oxygen atoms in total. The number of aliphatic hydroxyl groups excluding tert-OH is 2. The Labute approximate surface area is 103 Å². The van der Waals surface area contributed by atoms with Crippen molar-refractivity contribution in [2.45, 2.75) is 24.9 Å². The summed E-state index contributed by atoms with van der Waals surface area (Å²) >= 11 is 0. The van der Waals surface area contributed by atoms with Crippen LogP contribution in [-0.2, 0) is 0 Å². The number of piperazine rings is 1. The highest BCUT2D eigenvalue weighted by molar-refractivity contribution is 4.84. The molecular weight excluding hydrogens is 218 g/mol. The van der Waals surface area contributed by atoms with Crippen molar-refractivity contribution in [1.82, 2.24) is 15.1 Å². The molecule has 2 heterocycles. The van der Waals surface area contributed by atoms with Gasteiger partial charge in [0.25, 0.3) is 0 Å². The van der Waals surface area contributed by atoms with Crippen molar-refractivity contribution in [3.05, 3.63) is 0 Å². The lowest BCUT2D eigenvalue weighted by atomic mass is 10.0. The summed E-state index contributed by atoms with van der Waals surface area (Å²) in [7, 11) is 0. The van der Waals surface area contributed by atoms with Crippen LogP contribution in [0.3, 0.4) is 0 Å². The van der Waals surface area contributed by atoms with E-state index < -0.39 is 0 Å². The lowest BCUT2D eigenvalue weighted by Crippen LogP contribution is -2.55. The van der Waals surface area contributed by atoms with E-state index in [1.54, 1.807) is 0 Å². The second-order valence-corrected chi connectivity index (χ2v) is 4.99. The average Bonchev–Trinajstić information content (AvgIpc) is 2.42. The molecule has 0 aromatic carbocycles. The molecule has 0 spiro atoms. The molecule has 0 saturated carbocycles. The van der Waals surface area contributed by atoms with E-state index in [1.807, 2.05) is 0 Å². The average molecular weight is 242 g/mol. The summed E-state index contributed by atoms with van der Waals surface area (Å²) in [6, 6.07) is 0.634. The first kappa shape index (κ1) is 13.2. The van der Waals surface area contributed by atoms with E-state index in [0.717, 1.165) is 39.3 Å². The van der Waals surface area contributed by atoms with Gasteiger partial charge in [0.2, 0.25) is 0 Å². The number of piperidine rings is 1. The third kappa shape index (κ3) is 3.39. The van der Waals surface area contributed by atoms with E-state index in [4.69, 9.17) is 10.2 Å². The molecule has 2 aliphatic rings. The zero-order chi connectivity index (χ0) is 12.1. The Balaban J connectivity index is 1.76. The molecular formula is C12H24N3O2. The standard InChI is InChI=1S/C12H24N3O2/c16-9-12(10-17)15-7-5-14(6-8-15)11-1-3-13-4-2-11/h11-12,16-17H,1-10H2. The zero-order valence-corrected chi connectivity index (χ0v) is 10.5. The quantitative estimate of drug-likeness (QED) is 0.645. The van der Waals surface area contributed by atoms with Gasteiger partial charge in [0.15, 0.2) is 0 Å². The predicted octanol–water partition coefficient (Wildman–Crippen LogP) is -1.28. The predicted molar refractivity (Wildman–Crippen MR) is 66.0 cm³/mol. The Morgan fingerprint density at radius 3 is 2.12 bits per heavy atom. The molecule has 0 atom stereocenters. The van der Waals surface area contributed by atoms with Crippen LogP contribution in [0.25, 0.3) is 0 Å². The molecule has 0 aliphatic carbocycles. The van der Waals surface area contributed by atoms with Crippen molar-refractivity contribution in [3.63, 3.8) is 0 Å². The Morgan fingerprint density at radius 2 is 1.59 bits per heavy atom. The first-order chi connectivity index (χ1) is 8.35. The minimum Gasteiger partial charge on any atom is -0.395 e. The van der Waals surface area contributed by atoms with Crippen molar-refractivity contribution in [2.24, 2.45) is 0 Å². The highest BCUT2D eigenvalue weighted by Crippen LogP contribution is 2.15. The molecule has 17 heavy (non-hydrogen) atoms. The molecule has 0 unspecified atom stereocenters. The van der Waals surface area contributed by atoms with Crippen molar-refractivity contribution in [2.75, 3.05) is 52.5 Å². The Kier molecular flexibility index (Phi) is 5.18. The summed E-state index contributed by atoms with van der Waals surface area (Å²) in [6.45, 7) is 6.17. The van der Waals surface area contributed by atoms with Gasteiger partial charge in [-0.25, -0.2) is 5.32 Å². The van der Waals surface area contributed by atoms with Gasteiger partial charge in [-0.3, -0.25) is 9.80 Å². The van der Waals surface area contributed by atoms with Crippen LogP contribution in [0.5, 0.6) is 0 Å². The number of nitrogens with zero attached hydrogens (tertiary/aromatic N) is 3. The molecule has 0 aromatic heterocycles. The molecule has 2 aliphatic heterocycles. The number of rotatable bonds is 4. The van der Waals surface area contributed by atoms with Crippen molar-refractivity contribution >= 4 is 0 Å². The van der Waals surface area contributed by atoms with Gasteiger partial charge in [0.1, 0.15) is 0 Å². The molecule has 2 fully saturated rings. The minimum atomic E-state index is -0.0708. The molecule has 2 saturated heterocycles. The highest BCUT2D eigenvalue weighted by Gasteiger charge is 2.27. The maximum Gasteiger partial charge on any atom is 0.0609 e. The maximum absolute atomic E-state index is 9.17. The lowest BCUT2D eigenvalue weighted by molar-refractivity contribution is 0.0189. The van der Waals surface area contributed by atoms with Crippen molar-refractivity contribution in [1.29, 1.82) is 0 Å². The summed E-state index contributed by atoms with van der Waals surface area (Å²) in [6.07, 6.45) is 2.40. The number of hydrogen-bond donors (Lipinski definition) is 2. The van der Waals surface area contributed by atoms with Crippen LogP contribution in [-0.4, -0.2) is 84.6 Å². The fourth-order valence-electron chi connectivity index (χ4n) is 2.86. The Hall–Kier alpha value is -0.200. The molecule has 1 radical (unpaired) electrons. The molecule has 99 valence electrons. The van der Waals surface area contributed by atoms with Crippen molar-refractivity contribution in [3.8, 4) is 0 Å². The summed E-state index contributed by atoms with van der Waals surface area (Å²) in [5, 5.41) is 22.7. The maximum atomic E-state index is 9.17. The minimum absolute atomic E-state index is 0.0544. The molecule has 0 aromatic rings. The zero-order valence-electron chi connectivity index (χ0n) is 10.5. The van der Waals surface area contributed by atoms with Crippen LogP contribution in [0.2, 0.25) is 0 Å². The molecule has 2 rings (SSSR count). The smallest absolute Gasteiger partial charge is 0.0609 e. The second-order valence-electron chi connectivity index (χ2n) is 4.99. The summed E-state index contributed by atoms with van der Waals surface area (Å²) < 4.78 is 0. The van der Waals surface area contributed by atoms with Gasteiger partial charge >= 0.3 is 0 Å². The SMILES string of the molecule is OCC(CO)N1CCN(C2CC[N]CC2)CC1. The monoisotopic (exact) mass is 242 g/mol. The van der Waals surface area contributed by atoms with Crippen LogP contribution < -0.4 is 5.32 Å². The third-order valence-corrected chi connectivity index (χ3v) is 4.04. The van der Waals surface area contributed by atoms with E-state index in [1.165, 1.54) is 12.8 Å².